The van der Waals surface area contributed by atoms with Crippen LogP contribution < -0.4 is 10.6 Å². The van der Waals surface area contributed by atoms with Gasteiger partial charge in [-0.2, -0.15) is 0 Å². The summed E-state index contributed by atoms with van der Waals surface area (Å²) in [5.41, 5.74) is 0. The van der Waals surface area contributed by atoms with Gasteiger partial charge in [-0.1, -0.05) is 0 Å². The Bertz CT molecular complexity index is 1070. The third-order valence-corrected chi connectivity index (χ3v) is 77.8. The van der Waals surface area contributed by atoms with Gasteiger partial charge in [0.1, 0.15) is 0 Å². The quantitative estimate of drug-likeness (QED) is 0.237. The maximum absolute atomic E-state index is 10.4. The van der Waals surface area contributed by atoms with Gasteiger partial charge in [0.15, 0.2) is 0 Å². The van der Waals surface area contributed by atoms with Gasteiger partial charge in [-0.15, -0.1) is 0 Å². The fraction of sp³-hybridized carbons (Fsp3) is 0. The predicted octanol–water partition coefficient (Wildman–Crippen LogP) is 5.31. The molecule has 0 fully saturated rings. The zero-order chi connectivity index (χ0) is 21.9. The van der Waals surface area contributed by atoms with Gasteiger partial charge < -0.3 is 0 Å². The van der Waals surface area contributed by atoms with E-state index in [1.54, 1.807) is 36.4 Å². The summed E-state index contributed by atoms with van der Waals surface area (Å²) in [5, 5.41) is 62.8. The molecule has 0 aromatic heterocycles. The van der Waals surface area contributed by atoms with Gasteiger partial charge in [0, 0.05) is 0 Å². The van der Waals surface area contributed by atoms with Crippen LogP contribution in [0, 0.1) is 66.4 Å². The molecule has 0 saturated heterocycles. The molecule has 0 unspecified atom stereocenters. The van der Waals surface area contributed by atoms with E-state index in [1.807, 2.05) is 73.9 Å². The van der Waals surface area contributed by atoms with Crippen molar-refractivity contribution in [2.24, 2.45) is 0 Å². The van der Waals surface area contributed by atoms with Gasteiger partial charge in [-0.25, -0.2) is 0 Å². The second kappa shape index (κ2) is 7.89. The van der Waals surface area contributed by atoms with E-state index in [2.05, 4.69) is 0 Å². The van der Waals surface area contributed by atoms with Crippen molar-refractivity contribution in [3.63, 3.8) is 0 Å². The van der Waals surface area contributed by atoms with Gasteiger partial charge in [0.05, 0.1) is 0 Å². The molecule has 2 rings (SSSR count). The summed E-state index contributed by atoms with van der Waals surface area (Å²) >= 11 is 3.67. The van der Waals surface area contributed by atoms with E-state index in [-0.39, 0.29) is 10.6 Å². The third-order valence-electron chi connectivity index (χ3n) is 4.22. The summed E-state index contributed by atoms with van der Waals surface area (Å²) in [4.78, 5) is -9.82. The molecule has 0 aliphatic heterocycles. The van der Waals surface area contributed by atoms with E-state index >= 15 is 0 Å². The number of rotatable bonds is 4. The van der Waals surface area contributed by atoms with E-state index < -0.39 is 16.9 Å². The molecule has 11 heteroatoms. The monoisotopic (exact) mass is 732 g/mol. The first-order valence-corrected chi connectivity index (χ1v) is 25.0. The SMILES string of the molecule is N#C[P](C#N)(C#N)(c1ccccc1)[Pd]([I])([I])[P](C#N)(C#N)(C#N)c1ccccc1. The predicted molar refractivity (Wildman–Crippen MR) is 128 cm³/mol. The molecule has 2 aromatic carbocycles. The Hall–Kier alpha value is -1.64. The minimum absolute atomic E-state index is 0.192. The molecule has 0 atom stereocenters. The third kappa shape index (κ3) is 2.55. The van der Waals surface area contributed by atoms with Crippen molar-refractivity contribution in [1.29, 1.82) is 31.6 Å². The summed E-state index contributed by atoms with van der Waals surface area (Å²) in [6.07, 6.45) is 0. The van der Waals surface area contributed by atoms with Crippen LogP contribution in [-0.4, -0.2) is 0 Å². The molecule has 29 heavy (non-hydrogen) atoms. The maximum atomic E-state index is 10.4. The summed E-state index contributed by atoms with van der Waals surface area (Å²) in [5.74, 6) is 12.2. The molecule has 0 radical (unpaired) electrons. The van der Waals surface area contributed by atoms with E-state index in [1.165, 1.54) is 24.3 Å². The number of hydrogen-bond acceptors (Lipinski definition) is 6. The van der Waals surface area contributed by atoms with Crippen LogP contribution in [0.15, 0.2) is 60.7 Å². The molecule has 0 amide bonds. The summed E-state index contributed by atoms with van der Waals surface area (Å²) in [6.45, 7) is 0. The Morgan fingerprint density at radius 1 is 0.517 bits per heavy atom. The number of halogens is 2. The number of hydrogen-bond donors (Lipinski definition) is 0. The molecule has 0 saturated carbocycles. The summed E-state index contributed by atoms with van der Waals surface area (Å²) in [7, 11) is -4.18. The van der Waals surface area contributed by atoms with Crippen LogP contribution in [0.2, 0.25) is 0 Å². The van der Waals surface area contributed by atoms with Gasteiger partial charge in [0.25, 0.3) is 0 Å². The second-order valence-corrected chi connectivity index (χ2v) is 60.4. The zero-order valence-electron chi connectivity index (χ0n) is 14.4. The molecule has 0 aliphatic carbocycles. The summed E-state index contributed by atoms with van der Waals surface area (Å²) in [6, 6.07) is 15.8. The topological polar surface area (TPSA) is 143 Å². The molecular formula is C18H10I2N6P2Pd. The Morgan fingerprint density at radius 2 is 0.759 bits per heavy atom. The van der Waals surface area contributed by atoms with Crippen LogP contribution >= 0.6 is 48.6 Å². The normalized spacial score (nSPS) is 14.3. The molecule has 0 spiro atoms. The van der Waals surface area contributed by atoms with Gasteiger partial charge >= 0.3 is 194 Å². The van der Waals surface area contributed by atoms with Crippen LogP contribution in [0.3, 0.4) is 0 Å². The Labute approximate surface area is 191 Å². The zero-order valence-corrected chi connectivity index (χ0v) is 22.1. The van der Waals surface area contributed by atoms with Gasteiger partial charge in [-0.05, 0) is 0 Å². The van der Waals surface area contributed by atoms with Crippen LogP contribution in [0.4, 0.5) is 0 Å². The van der Waals surface area contributed by atoms with Gasteiger partial charge in [0.2, 0.25) is 0 Å². The number of nitriles is 6. The standard InChI is InChI=1S/2C9H5N3P.2HI.Pd/c2*10-6-13(7-11,8-12)9-4-2-1-3-5-9;;;/h2*1-5H;2*1H;/q2*+1;;;/p-2. The molecule has 0 aliphatic rings. The Kier molecular flexibility index (Phi) is 6.43. The van der Waals surface area contributed by atoms with Crippen molar-refractivity contribution < 1.29 is 7.32 Å². The van der Waals surface area contributed by atoms with Crippen molar-refractivity contribution in [3.8, 4) is 34.9 Å². The van der Waals surface area contributed by atoms with E-state index in [9.17, 15) is 31.6 Å². The molecule has 0 N–H and O–H groups in total. The van der Waals surface area contributed by atoms with E-state index in [4.69, 9.17) is 0 Å². The first-order chi connectivity index (χ1) is 13.7. The second-order valence-electron chi connectivity index (χ2n) is 5.50. The average Bonchev–Trinajstić information content (AvgIpc) is 2.79. The first kappa shape index (κ1) is 23.6. The number of benzene rings is 2. The van der Waals surface area contributed by atoms with Crippen LogP contribution in [0.5, 0.6) is 0 Å². The van der Waals surface area contributed by atoms with Crippen LogP contribution in [0.1, 0.15) is 0 Å². The molecule has 0 heterocycles. The van der Waals surface area contributed by atoms with Crippen molar-refractivity contribution in [2.45, 2.75) is 0 Å². The molecule has 6 nitrogen and oxygen atoms in total. The van der Waals surface area contributed by atoms with Crippen molar-refractivity contribution >= 4 is 59.2 Å². The van der Waals surface area contributed by atoms with Crippen molar-refractivity contribution in [1.82, 2.24) is 0 Å². The van der Waals surface area contributed by atoms with E-state index in [0.29, 0.717) is 0 Å². The van der Waals surface area contributed by atoms with E-state index in [0.717, 1.165) is 0 Å². The van der Waals surface area contributed by atoms with Crippen LogP contribution in [0.25, 0.3) is 0 Å². The van der Waals surface area contributed by atoms with Crippen molar-refractivity contribution in [3.05, 3.63) is 60.7 Å². The van der Waals surface area contributed by atoms with Gasteiger partial charge in [-0.3, -0.25) is 0 Å². The Morgan fingerprint density at radius 3 is 0.966 bits per heavy atom. The average molecular weight is 732 g/mol. The Balaban J connectivity index is 3.28. The molecule has 0 bridgehead atoms. The first-order valence-electron chi connectivity index (χ1n) is 7.47. The minimum atomic E-state index is -4.91. The molecule has 146 valence electrons. The van der Waals surface area contributed by atoms with Crippen LogP contribution in [-0.2, 0) is 7.32 Å². The van der Waals surface area contributed by atoms with Crippen molar-refractivity contribution in [2.75, 3.05) is 0 Å². The fourth-order valence-corrected chi connectivity index (χ4v) is 59.3. The number of nitrogens with zero attached hydrogens (tertiary/aromatic N) is 6. The summed E-state index contributed by atoms with van der Waals surface area (Å²) < 4.78 is 0. The molecular weight excluding hydrogens is 722 g/mol. The molecule has 2 aromatic rings. The fourth-order valence-electron chi connectivity index (χ4n) is 2.56.